The lowest BCUT2D eigenvalue weighted by molar-refractivity contribution is -0.0589. The Bertz CT molecular complexity index is 1270. The maximum absolute atomic E-state index is 12.6. The molecule has 0 amide bonds. The highest BCUT2D eigenvalue weighted by atomic mass is 35.5. The molecule has 3 atom stereocenters. The number of H-pyrrole nitrogens is 1. The highest BCUT2D eigenvalue weighted by Gasteiger charge is 2.41. The summed E-state index contributed by atoms with van der Waals surface area (Å²) in [6, 6.07) is 13.4. The molecule has 11 heteroatoms. The molecule has 0 radical (unpaired) electrons. The van der Waals surface area contributed by atoms with E-state index >= 15 is 0 Å². The minimum Gasteiger partial charge on any atom is -0.459 e. The Kier molecular flexibility index (Phi) is 7.16. The summed E-state index contributed by atoms with van der Waals surface area (Å²) >= 11 is 11.7. The first-order valence-corrected chi connectivity index (χ1v) is 10.9. The molecular formula is C23H18Cl2N2O7. The van der Waals surface area contributed by atoms with E-state index in [1.54, 1.807) is 24.3 Å². The second-order valence-electron chi connectivity index (χ2n) is 7.41. The van der Waals surface area contributed by atoms with Crippen LogP contribution < -0.4 is 11.2 Å². The van der Waals surface area contributed by atoms with Gasteiger partial charge >= 0.3 is 17.6 Å². The van der Waals surface area contributed by atoms with Crippen LogP contribution in [0.1, 0.15) is 33.4 Å². The van der Waals surface area contributed by atoms with Gasteiger partial charge in [-0.2, -0.15) is 0 Å². The van der Waals surface area contributed by atoms with Gasteiger partial charge in [-0.3, -0.25) is 4.79 Å². The number of hydrogen-bond donors (Lipinski definition) is 1. The Balaban J connectivity index is 1.52. The van der Waals surface area contributed by atoms with Gasteiger partial charge in [-0.25, -0.2) is 19.0 Å². The molecule has 1 aliphatic rings. The molecule has 176 valence electrons. The van der Waals surface area contributed by atoms with Gasteiger partial charge in [0.15, 0.2) is 0 Å². The van der Waals surface area contributed by atoms with Crippen molar-refractivity contribution in [3.05, 3.63) is 103 Å². The first-order chi connectivity index (χ1) is 16.3. The van der Waals surface area contributed by atoms with Gasteiger partial charge in [-0.05, 0) is 48.5 Å². The van der Waals surface area contributed by atoms with E-state index in [-0.39, 0.29) is 24.2 Å². The van der Waals surface area contributed by atoms with E-state index in [9.17, 15) is 19.2 Å². The van der Waals surface area contributed by atoms with Crippen LogP contribution >= 0.6 is 23.2 Å². The van der Waals surface area contributed by atoms with E-state index in [1.807, 2.05) is 0 Å². The number of nitrogens with one attached hydrogen (secondary N) is 1. The molecular weight excluding hydrogens is 487 g/mol. The van der Waals surface area contributed by atoms with Gasteiger partial charge in [-0.15, -0.1) is 0 Å². The minimum absolute atomic E-state index is 0.00447. The van der Waals surface area contributed by atoms with Crippen LogP contribution in [-0.4, -0.2) is 40.3 Å². The van der Waals surface area contributed by atoms with Gasteiger partial charge < -0.3 is 19.2 Å². The Morgan fingerprint density at radius 2 is 1.53 bits per heavy atom. The summed E-state index contributed by atoms with van der Waals surface area (Å²) in [6.07, 6.45) is -1.64. The predicted molar refractivity (Wildman–Crippen MR) is 122 cm³/mol. The molecule has 1 unspecified atom stereocenters. The monoisotopic (exact) mass is 504 g/mol. The number of carbonyl (C=O) groups is 2. The van der Waals surface area contributed by atoms with Crippen molar-refractivity contribution in [1.29, 1.82) is 0 Å². The average Bonchev–Trinajstić information content (AvgIpc) is 3.20. The van der Waals surface area contributed by atoms with E-state index < -0.39 is 41.6 Å². The van der Waals surface area contributed by atoms with Crippen LogP contribution in [0.25, 0.3) is 0 Å². The summed E-state index contributed by atoms with van der Waals surface area (Å²) in [5.74, 6) is -1.30. The number of aromatic amines is 1. The smallest absolute Gasteiger partial charge is 0.338 e. The third kappa shape index (κ3) is 5.39. The lowest BCUT2D eigenvalue weighted by atomic mass is 10.1. The van der Waals surface area contributed by atoms with Crippen LogP contribution in [0.5, 0.6) is 0 Å². The number of aromatic nitrogens is 2. The molecule has 0 spiro atoms. The van der Waals surface area contributed by atoms with Crippen molar-refractivity contribution in [3.63, 3.8) is 0 Å². The first-order valence-electron chi connectivity index (χ1n) is 10.2. The molecule has 34 heavy (non-hydrogen) atoms. The van der Waals surface area contributed by atoms with Crippen LogP contribution in [0.3, 0.4) is 0 Å². The zero-order valence-corrected chi connectivity index (χ0v) is 19.0. The molecule has 9 nitrogen and oxygen atoms in total. The first kappa shape index (κ1) is 23.7. The van der Waals surface area contributed by atoms with Crippen LogP contribution in [0.15, 0.2) is 70.4 Å². The van der Waals surface area contributed by atoms with Crippen molar-refractivity contribution in [2.24, 2.45) is 0 Å². The van der Waals surface area contributed by atoms with Gasteiger partial charge in [0, 0.05) is 28.7 Å². The van der Waals surface area contributed by atoms with Gasteiger partial charge in [-0.1, -0.05) is 23.2 Å². The van der Waals surface area contributed by atoms with Gasteiger partial charge in [0.1, 0.15) is 25.0 Å². The molecule has 3 aromatic rings. The number of esters is 2. The van der Waals surface area contributed by atoms with Crippen molar-refractivity contribution in [3.8, 4) is 0 Å². The summed E-state index contributed by atoms with van der Waals surface area (Å²) in [4.78, 5) is 51.9. The van der Waals surface area contributed by atoms with Crippen LogP contribution in [0.2, 0.25) is 10.0 Å². The van der Waals surface area contributed by atoms with Gasteiger partial charge in [0.25, 0.3) is 5.56 Å². The number of hydrogen-bond acceptors (Lipinski definition) is 7. The normalized spacial score (nSPS) is 19.5. The van der Waals surface area contributed by atoms with Gasteiger partial charge in [0.05, 0.1) is 11.1 Å². The third-order valence-corrected chi connectivity index (χ3v) is 5.66. The Labute approximate surface area is 202 Å². The van der Waals surface area contributed by atoms with Crippen molar-refractivity contribution >= 4 is 35.1 Å². The second kappa shape index (κ2) is 10.3. The molecule has 1 saturated heterocycles. The summed E-state index contributed by atoms with van der Waals surface area (Å²) < 4.78 is 17.6. The number of ether oxygens (including phenoxy) is 3. The van der Waals surface area contributed by atoms with Crippen LogP contribution in [0, 0.1) is 0 Å². The molecule has 0 aliphatic carbocycles. The van der Waals surface area contributed by atoms with Crippen molar-refractivity contribution < 1.29 is 23.8 Å². The molecule has 0 saturated carbocycles. The summed E-state index contributed by atoms with van der Waals surface area (Å²) in [7, 11) is 0. The lowest BCUT2D eigenvalue weighted by Gasteiger charge is -2.19. The summed E-state index contributed by atoms with van der Waals surface area (Å²) in [5.41, 5.74) is -0.752. The topological polar surface area (TPSA) is 117 Å². The second-order valence-corrected chi connectivity index (χ2v) is 8.28. The zero-order chi connectivity index (χ0) is 24.2. The average molecular weight is 505 g/mol. The molecule has 1 aromatic heterocycles. The van der Waals surface area contributed by atoms with Crippen molar-refractivity contribution in [2.45, 2.75) is 24.9 Å². The number of halogens is 2. The Morgan fingerprint density at radius 1 is 0.941 bits per heavy atom. The molecule has 2 aromatic carbocycles. The fourth-order valence-corrected chi connectivity index (χ4v) is 3.71. The standard InChI is InChI=1S/C23H18Cl2N2O7/c24-15-5-1-13(2-6-15)21(29)32-12-18-17(34-22(30)14-3-7-16(25)8-4-14)11-20(33-18)27-19(28)9-10-26-23(27)31/h1-10,17-18,20H,11-12H2,(H,26,31)/t17?,18-,20+/m1/s1. The molecule has 2 heterocycles. The molecule has 1 aliphatic heterocycles. The summed E-state index contributed by atoms with van der Waals surface area (Å²) in [5, 5.41) is 0.918. The highest BCUT2D eigenvalue weighted by molar-refractivity contribution is 6.31. The van der Waals surface area contributed by atoms with E-state index in [1.165, 1.54) is 36.5 Å². The van der Waals surface area contributed by atoms with E-state index in [0.29, 0.717) is 10.0 Å². The zero-order valence-electron chi connectivity index (χ0n) is 17.5. The Morgan fingerprint density at radius 3 is 2.12 bits per heavy atom. The van der Waals surface area contributed by atoms with Crippen LogP contribution in [-0.2, 0) is 14.2 Å². The Hall–Kier alpha value is -3.40. The van der Waals surface area contributed by atoms with Crippen molar-refractivity contribution in [2.75, 3.05) is 6.61 Å². The van der Waals surface area contributed by atoms with Crippen LogP contribution in [0.4, 0.5) is 0 Å². The fourth-order valence-electron chi connectivity index (χ4n) is 3.46. The fraction of sp³-hybridized carbons (Fsp3) is 0.217. The summed E-state index contributed by atoms with van der Waals surface area (Å²) in [6.45, 7) is -0.282. The molecule has 0 bridgehead atoms. The predicted octanol–water partition coefficient (Wildman–Crippen LogP) is 3.21. The molecule has 4 rings (SSSR count). The number of nitrogens with zero attached hydrogens (tertiary/aromatic N) is 1. The minimum atomic E-state index is -1.03. The molecule has 1 fully saturated rings. The number of carbonyl (C=O) groups excluding carboxylic acids is 2. The third-order valence-electron chi connectivity index (χ3n) is 5.15. The van der Waals surface area contributed by atoms with E-state index in [0.717, 1.165) is 4.57 Å². The highest BCUT2D eigenvalue weighted by Crippen LogP contribution is 2.30. The number of rotatable bonds is 6. The molecule has 1 N–H and O–H groups in total. The van der Waals surface area contributed by atoms with Crippen molar-refractivity contribution in [1.82, 2.24) is 9.55 Å². The SMILES string of the molecule is O=C(OC[C@H]1O[C@H](n2c(=O)cc[nH]c2=O)CC1OC(=O)c1ccc(Cl)cc1)c1ccc(Cl)cc1. The number of benzene rings is 2. The maximum atomic E-state index is 12.6. The maximum Gasteiger partial charge on any atom is 0.338 e. The van der Waals surface area contributed by atoms with E-state index in [2.05, 4.69) is 4.98 Å². The quantitative estimate of drug-likeness (QED) is 0.512. The van der Waals surface area contributed by atoms with Gasteiger partial charge in [0.2, 0.25) is 0 Å². The lowest BCUT2D eigenvalue weighted by Crippen LogP contribution is -2.37. The largest absolute Gasteiger partial charge is 0.459 e. The van der Waals surface area contributed by atoms with E-state index in [4.69, 9.17) is 37.4 Å².